The number of nitrogens with one attached hydrogen (secondary N) is 1. The van der Waals surface area contributed by atoms with Crippen molar-refractivity contribution in [3.05, 3.63) is 28.5 Å². The second kappa shape index (κ2) is 6.49. The van der Waals surface area contributed by atoms with Gasteiger partial charge in [0.2, 0.25) is 0 Å². The predicted octanol–water partition coefficient (Wildman–Crippen LogP) is 1.52. The smallest absolute Gasteiger partial charge is 0.358 e. The van der Waals surface area contributed by atoms with Gasteiger partial charge in [-0.15, -0.1) is 0 Å². The lowest BCUT2D eigenvalue weighted by Crippen LogP contribution is -2.08. The number of ketones is 1. The average Bonchev–Trinajstić information content (AvgIpc) is 3.05. The molecule has 0 spiro atoms. The van der Waals surface area contributed by atoms with Gasteiger partial charge < -0.3 is 10.1 Å². The van der Waals surface area contributed by atoms with Crippen molar-refractivity contribution >= 4 is 28.2 Å². The van der Waals surface area contributed by atoms with Gasteiger partial charge in [0.15, 0.2) is 16.6 Å². The normalized spacial score (nSPS) is 10.4. The highest BCUT2D eigenvalue weighted by Gasteiger charge is 2.21. The van der Waals surface area contributed by atoms with Crippen molar-refractivity contribution in [3.8, 4) is 0 Å². The van der Waals surface area contributed by atoms with Crippen LogP contribution in [-0.4, -0.2) is 40.2 Å². The first-order valence-corrected chi connectivity index (χ1v) is 7.15. The van der Waals surface area contributed by atoms with Crippen LogP contribution in [0.3, 0.4) is 0 Å². The highest BCUT2D eigenvalue weighted by molar-refractivity contribution is 7.17. The zero-order valence-electron chi connectivity index (χ0n) is 12.0. The number of nitrogens with zero attached hydrogens (tertiary/aromatic N) is 3. The summed E-state index contributed by atoms with van der Waals surface area (Å²) in [5, 5.41) is 7.89. The van der Waals surface area contributed by atoms with Gasteiger partial charge in [-0.2, -0.15) is 5.10 Å². The van der Waals surface area contributed by atoms with Crippen molar-refractivity contribution in [2.24, 2.45) is 7.05 Å². The number of esters is 1. The summed E-state index contributed by atoms with van der Waals surface area (Å²) >= 11 is 1.15. The molecule has 1 N–H and O–H groups in total. The minimum Gasteiger partial charge on any atom is -0.464 e. The van der Waals surface area contributed by atoms with E-state index < -0.39 is 5.97 Å². The van der Waals surface area contributed by atoms with Crippen LogP contribution in [0.15, 0.2) is 12.3 Å². The van der Waals surface area contributed by atoms with Crippen molar-refractivity contribution in [2.75, 3.05) is 19.0 Å². The van der Waals surface area contributed by atoms with E-state index >= 15 is 0 Å². The molecule has 8 heteroatoms. The summed E-state index contributed by atoms with van der Waals surface area (Å²) in [6.07, 6.45) is 2.60. The molecule has 112 valence electrons. The maximum atomic E-state index is 11.6. The fourth-order valence-corrected chi connectivity index (χ4v) is 2.64. The van der Waals surface area contributed by atoms with Gasteiger partial charge in [0, 0.05) is 33.1 Å². The maximum absolute atomic E-state index is 11.6. The Bertz CT molecular complexity index is 662. The number of rotatable bonds is 6. The first-order chi connectivity index (χ1) is 10.0. The fourth-order valence-electron chi connectivity index (χ4n) is 1.76. The molecule has 0 fully saturated rings. The molecule has 0 aliphatic heterocycles. The Balaban J connectivity index is 2.03. The third kappa shape index (κ3) is 3.66. The minimum absolute atomic E-state index is 0.0651. The van der Waals surface area contributed by atoms with Crippen LogP contribution in [0.5, 0.6) is 0 Å². The van der Waals surface area contributed by atoms with Crippen LogP contribution in [0, 0.1) is 0 Å². The molecule has 0 saturated carbocycles. The molecule has 2 aromatic heterocycles. The molecule has 0 amide bonds. The highest BCUT2D eigenvalue weighted by atomic mass is 32.1. The van der Waals surface area contributed by atoms with Crippen molar-refractivity contribution < 1.29 is 14.3 Å². The molecule has 2 aromatic rings. The van der Waals surface area contributed by atoms with Crippen LogP contribution in [0.25, 0.3) is 0 Å². The van der Waals surface area contributed by atoms with Crippen LogP contribution in [0.1, 0.15) is 32.8 Å². The number of carbonyl (C=O) groups excluding carboxylic acids is 2. The molecule has 21 heavy (non-hydrogen) atoms. The van der Waals surface area contributed by atoms with Crippen LogP contribution in [0.4, 0.5) is 5.13 Å². The Kier molecular flexibility index (Phi) is 4.69. The quantitative estimate of drug-likeness (QED) is 0.643. The summed E-state index contributed by atoms with van der Waals surface area (Å²) in [6.45, 7) is 2.01. The topological polar surface area (TPSA) is 86.1 Å². The number of Topliss-reactive ketones (excluding diaryl/α,β-unsaturated/α-hetero) is 1. The molecular weight excluding hydrogens is 292 g/mol. The van der Waals surface area contributed by atoms with E-state index in [2.05, 4.69) is 20.1 Å². The molecule has 0 radical (unpaired) electrons. The highest BCUT2D eigenvalue weighted by Crippen LogP contribution is 2.24. The Labute approximate surface area is 125 Å². The second-order valence-corrected chi connectivity index (χ2v) is 5.40. The van der Waals surface area contributed by atoms with E-state index in [9.17, 15) is 9.59 Å². The lowest BCUT2D eigenvalue weighted by Gasteiger charge is -1.99. The zero-order chi connectivity index (χ0) is 15.4. The Hall–Kier alpha value is -2.22. The number of aryl methyl sites for hydroxylation is 1. The van der Waals surface area contributed by atoms with Crippen molar-refractivity contribution in [1.82, 2.24) is 14.8 Å². The van der Waals surface area contributed by atoms with Gasteiger partial charge in [0.25, 0.3) is 0 Å². The van der Waals surface area contributed by atoms with E-state index in [0.717, 1.165) is 23.5 Å². The number of methoxy groups -OCH3 is 1. The first kappa shape index (κ1) is 15.2. The summed E-state index contributed by atoms with van der Waals surface area (Å²) < 4.78 is 6.37. The molecule has 0 aliphatic carbocycles. The van der Waals surface area contributed by atoms with E-state index in [1.807, 2.05) is 19.3 Å². The number of aromatic nitrogens is 3. The fraction of sp³-hybridized carbons (Fsp3) is 0.385. The SMILES string of the molecule is COC(=O)c1nc(NCCc2ccn(C)n2)sc1C(C)=O. The average molecular weight is 308 g/mol. The molecule has 0 aliphatic rings. The van der Waals surface area contributed by atoms with Gasteiger partial charge in [-0.3, -0.25) is 9.48 Å². The molecule has 2 heterocycles. The van der Waals surface area contributed by atoms with Gasteiger partial charge in [0.05, 0.1) is 12.8 Å². The third-order valence-electron chi connectivity index (χ3n) is 2.75. The number of ether oxygens (including phenoxy) is 1. The standard InChI is InChI=1S/C13H16N4O3S/c1-8(18)11-10(12(19)20-3)15-13(21-11)14-6-4-9-5-7-17(2)16-9/h5,7H,4,6H2,1-3H3,(H,14,15). The molecule has 0 unspecified atom stereocenters. The monoisotopic (exact) mass is 308 g/mol. The second-order valence-electron chi connectivity index (χ2n) is 4.40. The van der Waals surface area contributed by atoms with E-state index in [1.165, 1.54) is 14.0 Å². The number of thiazole rings is 1. The molecule has 0 saturated heterocycles. The van der Waals surface area contributed by atoms with Gasteiger partial charge >= 0.3 is 5.97 Å². The molecule has 7 nitrogen and oxygen atoms in total. The van der Waals surface area contributed by atoms with Crippen molar-refractivity contribution in [3.63, 3.8) is 0 Å². The van der Waals surface area contributed by atoms with Crippen LogP contribution in [0.2, 0.25) is 0 Å². The van der Waals surface area contributed by atoms with Crippen molar-refractivity contribution in [1.29, 1.82) is 0 Å². The number of anilines is 1. The van der Waals surface area contributed by atoms with Crippen LogP contribution in [-0.2, 0) is 18.2 Å². The van der Waals surface area contributed by atoms with Gasteiger partial charge in [-0.1, -0.05) is 11.3 Å². The van der Waals surface area contributed by atoms with Gasteiger partial charge in [-0.05, 0) is 6.07 Å². The van der Waals surface area contributed by atoms with E-state index in [4.69, 9.17) is 0 Å². The number of hydrogen-bond acceptors (Lipinski definition) is 7. The molecule has 0 bridgehead atoms. The Morgan fingerprint density at radius 3 is 2.81 bits per heavy atom. The summed E-state index contributed by atoms with van der Waals surface area (Å²) in [5.74, 6) is -0.806. The zero-order valence-corrected chi connectivity index (χ0v) is 12.9. The molecule has 0 aromatic carbocycles. The summed E-state index contributed by atoms with van der Waals surface area (Å²) in [6, 6.07) is 1.93. The molecule has 0 atom stereocenters. The van der Waals surface area contributed by atoms with Gasteiger partial charge in [-0.25, -0.2) is 9.78 Å². The summed E-state index contributed by atoms with van der Waals surface area (Å²) in [4.78, 5) is 27.5. The Morgan fingerprint density at radius 1 is 1.48 bits per heavy atom. The summed E-state index contributed by atoms with van der Waals surface area (Å²) in [5.41, 5.74) is 1.02. The molecular formula is C13H16N4O3S. The first-order valence-electron chi connectivity index (χ1n) is 6.33. The predicted molar refractivity (Wildman–Crippen MR) is 78.9 cm³/mol. The summed E-state index contributed by atoms with van der Waals surface area (Å²) in [7, 11) is 3.12. The van der Waals surface area contributed by atoms with E-state index in [0.29, 0.717) is 16.6 Å². The van der Waals surface area contributed by atoms with Crippen molar-refractivity contribution in [2.45, 2.75) is 13.3 Å². The third-order valence-corrected chi connectivity index (χ3v) is 3.87. The Morgan fingerprint density at radius 2 is 2.24 bits per heavy atom. The lowest BCUT2D eigenvalue weighted by molar-refractivity contribution is 0.0591. The minimum atomic E-state index is -0.603. The number of hydrogen-bond donors (Lipinski definition) is 1. The molecule has 2 rings (SSSR count). The van der Waals surface area contributed by atoms with E-state index in [1.54, 1.807) is 4.68 Å². The largest absolute Gasteiger partial charge is 0.464 e. The van der Waals surface area contributed by atoms with Gasteiger partial charge in [0.1, 0.15) is 4.88 Å². The maximum Gasteiger partial charge on any atom is 0.358 e. The lowest BCUT2D eigenvalue weighted by atomic mass is 10.3. The van der Waals surface area contributed by atoms with E-state index in [-0.39, 0.29) is 11.5 Å². The van der Waals surface area contributed by atoms with Crippen LogP contribution < -0.4 is 5.32 Å². The number of carbonyl (C=O) groups is 2. The van der Waals surface area contributed by atoms with Crippen LogP contribution >= 0.6 is 11.3 Å².